The van der Waals surface area contributed by atoms with Crippen LogP contribution in [0.3, 0.4) is 0 Å². The van der Waals surface area contributed by atoms with Gasteiger partial charge >= 0.3 is 6.18 Å². The molecule has 0 N–H and O–H groups in total. The minimum atomic E-state index is -4.56. The molecular weight excluding hydrogens is 257 g/mol. The summed E-state index contributed by atoms with van der Waals surface area (Å²) in [4.78, 5) is 10.8. The Morgan fingerprint density at radius 2 is 2.00 bits per heavy atom. The lowest BCUT2D eigenvalue weighted by Crippen LogP contribution is -2.10. The molecule has 0 bridgehead atoms. The third-order valence-corrected chi connectivity index (χ3v) is 2.21. The first-order valence-electron chi connectivity index (χ1n) is 4.47. The van der Waals surface area contributed by atoms with Crippen molar-refractivity contribution < 1.29 is 13.2 Å². The van der Waals surface area contributed by atoms with Crippen molar-refractivity contribution in [2.24, 2.45) is 7.05 Å². The maximum atomic E-state index is 12.5. The van der Waals surface area contributed by atoms with E-state index in [9.17, 15) is 13.2 Å². The number of imidazole rings is 1. The van der Waals surface area contributed by atoms with Crippen LogP contribution in [0.25, 0.3) is 11.5 Å². The second kappa shape index (κ2) is 3.99. The van der Waals surface area contributed by atoms with Gasteiger partial charge < -0.3 is 4.57 Å². The molecule has 0 fully saturated rings. The highest BCUT2D eigenvalue weighted by molar-refractivity contribution is 6.28. The van der Waals surface area contributed by atoms with Crippen molar-refractivity contribution in [2.45, 2.75) is 6.18 Å². The van der Waals surface area contributed by atoms with Gasteiger partial charge in [0.2, 0.25) is 5.28 Å². The number of rotatable bonds is 1. The Hall–Kier alpha value is -1.63. The van der Waals surface area contributed by atoms with Gasteiger partial charge in [-0.15, -0.1) is 0 Å². The predicted octanol–water partition coefficient (Wildman–Crippen LogP) is 2.55. The number of aryl methyl sites for hydroxylation is 1. The Labute approximate surface area is 99.1 Å². The van der Waals surface area contributed by atoms with Crippen LogP contribution in [-0.4, -0.2) is 19.5 Å². The van der Waals surface area contributed by atoms with Crippen LogP contribution in [0.5, 0.6) is 0 Å². The fourth-order valence-corrected chi connectivity index (χ4v) is 1.47. The Balaban J connectivity index is 2.57. The van der Waals surface area contributed by atoms with Crippen molar-refractivity contribution in [1.29, 1.82) is 0 Å². The van der Waals surface area contributed by atoms with E-state index in [-0.39, 0.29) is 5.69 Å². The molecule has 0 unspecified atom stereocenters. The molecule has 0 atom stereocenters. The predicted molar refractivity (Wildman–Crippen MR) is 54.2 cm³/mol. The monoisotopic (exact) mass is 262 g/mol. The molecular formula is C9H6ClF3N4. The molecule has 0 aliphatic rings. The van der Waals surface area contributed by atoms with E-state index in [2.05, 4.69) is 15.0 Å². The first kappa shape index (κ1) is 11.8. The van der Waals surface area contributed by atoms with Gasteiger partial charge in [0.05, 0.1) is 0 Å². The van der Waals surface area contributed by atoms with Crippen LogP contribution in [0.2, 0.25) is 5.28 Å². The van der Waals surface area contributed by atoms with Crippen molar-refractivity contribution in [1.82, 2.24) is 19.5 Å². The second-order valence-electron chi connectivity index (χ2n) is 3.27. The normalized spacial score (nSPS) is 11.8. The quantitative estimate of drug-likeness (QED) is 0.742. The van der Waals surface area contributed by atoms with E-state index in [0.717, 1.165) is 6.07 Å². The van der Waals surface area contributed by atoms with Crippen LogP contribution in [0, 0.1) is 0 Å². The zero-order valence-corrected chi connectivity index (χ0v) is 9.29. The van der Waals surface area contributed by atoms with E-state index in [1.54, 1.807) is 17.8 Å². The minimum absolute atomic E-state index is 0.0322. The maximum absolute atomic E-state index is 12.5. The standard InChI is InChI=1S/C9H6ClF3N4/c1-17-3-2-14-7(17)5-4-6(9(11,12)13)16-8(10)15-5/h2-4H,1H3. The van der Waals surface area contributed by atoms with Gasteiger partial charge in [-0.2, -0.15) is 13.2 Å². The zero-order chi connectivity index (χ0) is 12.6. The zero-order valence-electron chi connectivity index (χ0n) is 8.53. The number of hydrogen-bond acceptors (Lipinski definition) is 3. The lowest BCUT2D eigenvalue weighted by atomic mass is 10.3. The number of nitrogens with zero attached hydrogens (tertiary/aromatic N) is 4. The highest BCUT2D eigenvalue weighted by Gasteiger charge is 2.33. The number of hydrogen-bond donors (Lipinski definition) is 0. The summed E-state index contributed by atoms with van der Waals surface area (Å²) in [6.07, 6.45) is -1.51. The average Bonchev–Trinajstić information content (AvgIpc) is 2.62. The average molecular weight is 263 g/mol. The molecule has 0 spiro atoms. The van der Waals surface area contributed by atoms with Crippen LogP contribution in [-0.2, 0) is 13.2 Å². The summed E-state index contributed by atoms with van der Waals surface area (Å²) in [6.45, 7) is 0. The Bertz CT molecular complexity index is 549. The molecule has 4 nitrogen and oxygen atoms in total. The summed E-state index contributed by atoms with van der Waals surface area (Å²) in [5.74, 6) is 0.291. The molecule has 2 aromatic heterocycles. The van der Waals surface area contributed by atoms with Gasteiger partial charge in [-0.25, -0.2) is 15.0 Å². The molecule has 0 aromatic carbocycles. The highest BCUT2D eigenvalue weighted by Crippen LogP contribution is 2.30. The van der Waals surface area contributed by atoms with E-state index < -0.39 is 17.2 Å². The molecule has 0 radical (unpaired) electrons. The molecule has 17 heavy (non-hydrogen) atoms. The van der Waals surface area contributed by atoms with Gasteiger partial charge in [-0.05, 0) is 17.7 Å². The molecule has 90 valence electrons. The first-order chi connectivity index (χ1) is 7.88. The SMILES string of the molecule is Cn1ccnc1-c1cc(C(F)(F)F)nc(Cl)n1. The number of halogens is 4. The molecule has 2 heterocycles. The Morgan fingerprint density at radius 3 is 2.53 bits per heavy atom. The van der Waals surface area contributed by atoms with Crippen molar-refractivity contribution >= 4 is 11.6 Å². The maximum Gasteiger partial charge on any atom is 0.433 e. The largest absolute Gasteiger partial charge is 0.433 e. The van der Waals surface area contributed by atoms with Crippen LogP contribution >= 0.6 is 11.6 Å². The summed E-state index contributed by atoms with van der Waals surface area (Å²) < 4.78 is 39.1. The van der Waals surface area contributed by atoms with E-state index >= 15 is 0 Å². The van der Waals surface area contributed by atoms with Crippen LogP contribution in [0.1, 0.15) is 5.69 Å². The van der Waals surface area contributed by atoms with Gasteiger partial charge in [-0.1, -0.05) is 0 Å². The fraction of sp³-hybridized carbons (Fsp3) is 0.222. The summed E-state index contributed by atoms with van der Waals surface area (Å²) in [5.41, 5.74) is -1.06. The molecule has 0 aliphatic heterocycles. The molecule has 0 amide bonds. The lowest BCUT2D eigenvalue weighted by Gasteiger charge is -2.07. The van der Waals surface area contributed by atoms with Crippen molar-refractivity contribution in [3.05, 3.63) is 29.4 Å². The van der Waals surface area contributed by atoms with E-state index in [4.69, 9.17) is 11.6 Å². The van der Waals surface area contributed by atoms with E-state index in [1.807, 2.05) is 0 Å². The molecule has 0 aliphatic carbocycles. The number of aromatic nitrogens is 4. The van der Waals surface area contributed by atoms with Gasteiger partial charge in [-0.3, -0.25) is 0 Å². The summed E-state index contributed by atoms with van der Waals surface area (Å²) in [7, 11) is 1.64. The Morgan fingerprint density at radius 1 is 1.29 bits per heavy atom. The summed E-state index contributed by atoms with van der Waals surface area (Å²) >= 11 is 5.47. The molecule has 8 heteroatoms. The van der Waals surface area contributed by atoms with Crippen LogP contribution in [0.15, 0.2) is 18.5 Å². The van der Waals surface area contributed by atoms with Crippen molar-refractivity contribution in [3.8, 4) is 11.5 Å². The van der Waals surface area contributed by atoms with Gasteiger partial charge in [0.1, 0.15) is 11.4 Å². The van der Waals surface area contributed by atoms with Gasteiger partial charge in [0.25, 0.3) is 0 Å². The fourth-order valence-electron chi connectivity index (χ4n) is 1.29. The van der Waals surface area contributed by atoms with Crippen molar-refractivity contribution in [3.63, 3.8) is 0 Å². The topological polar surface area (TPSA) is 43.6 Å². The van der Waals surface area contributed by atoms with Crippen LogP contribution in [0.4, 0.5) is 13.2 Å². The second-order valence-corrected chi connectivity index (χ2v) is 3.61. The van der Waals surface area contributed by atoms with Crippen molar-refractivity contribution in [2.75, 3.05) is 0 Å². The van der Waals surface area contributed by atoms with Gasteiger partial charge in [0.15, 0.2) is 5.82 Å². The lowest BCUT2D eigenvalue weighted by molar-refractivity contribution is -0.141. The Kier molecular flexibility index (Phi) is 2.78. The van der Waals surface area contributed by atoms with Gasteiger partial charge in [0, 0.05) is 19.4 Å². The minimum Gasteiger partial charge on any atom is -0.333 e. The van der Waals surface area contributed by atoms with E-state index in [1.165, 1.54) is 6.20 Å². The molecule has 0 saturated heterocycles. The first-order valence-corrected chi connectivity index (χ1v) is 4.85. The third-order valence-electron chi connectivity index (χ3n) is 2.04. The summed E-state index contributed by atoms with van der Waals surface area (Å²) in [5, 5.41) is -0.460. The smallest absolute Gasteiger partial charge is 0.333 e. The molecule has 2 aromatic rings. The highest BCUT2D eigenvalue weighted by atomic mass is 35.5. The third kappa shape index (κ3) is 2.38. The van der Waals surface area contributed by atoms with Crippen LogP contribution < -0.4 is 0 Å². The van der Waals surface area contributed by atoms with E-state index in [0.29, 0.717) is 5.82 Å². The number of alkyl halides is 3. The molecule has 2 rings (SSSR count). The molecule has 0 saturated carbocycles. The summed E-state index contributed by atoms with van der Waals surface area (Å²) in [6, 6.07) is 0.814.